The van der Waals surface area contributed by atoms with Crippen LogP contribution in [0.1, 0.15) is 54.1 Å². The molecule has 0 saturated carbocycles. The number of nitriles is 2. The number of hydrogen-bond acceptors (Lipinski definition) is 14. The summed E-state index contributed by atoms with van der Waals surface area (Å²) in [6.07, 6.45) is 5.86. The van der Waals surface area contributed by atoms with Gasteiger partial charge in [-0.3, -0.25) is 19.6 Å². The van der Waals surface area contributed by atoms with E-state index in [4.69, 9.17) is 65.4 Å². The molecule has 2 fully saturated rings. The van der Waals surface area contributed by atoms with Crippen LogP contribution in [0.4, 0.5) is 0 Å². The molecule has 4 aromatic carbocycles. The molecule has 0 aliphatic carbocycles. The fourth-order valence-electron chi connectivity index (χ4n) is 7.72. The first-order valence-corrected chi connectivity index (χ1v) is 27.1. The van der Waals surface area contributed by atoms with Gasteiger partial charge in [-0.15, -0.1) is 0 Å². The van der Waals surface area contributed by atoms with Gasteiger partial charge in [0.05, 0.1) is 65.4 Å². The van der Waals surface area contributed by atoms with Crippen LogP contribution >= 0.6 is 46.4 Å². The molecule has 72 heavy (non-hydrogen) atoms. The Kier molecular flexibility index (Phi) is 16.1. The van der Waals surface area contributed by atoms with Gasteiger partial charge in [0.25, 0.3) is 11.8 Å². The Labute approximate surface area is 435 Å². The van der Waals surface area contributed by atoms with Gasteiger partial charge in [-0.1, -0.05) is 82.8 Å². The molecular formula is C50H40Cl4N6O10S2. The average Bonchev–Trinajstić information content (AvgIpc) is 3.37. The molecule has 0 bridgehead atoms. The minimum absolute atomic E-state index is 0.000469. The highest BCUT2D eigenvalue weighted by molar-refractivity contribution is 7.91. The van der Waals surface area contributed by atoms with Crippen molar-refractivity contribution in [1.82, 2.24) is 19.8 Å². The lowest BCUT2D eigenvalue weighted by atomic mass is 10.0. The molecule has 8 rings (SSSR count). The van der Waals surface area contributed by atoms with Gasteiger partial charge in [-0.05, 0) is 24.3 Å². The number of ether oxygens (including phenoxy) is 4. The smallest absolute Gasteiger partial charge is 0.257 e. The van der Waals surface area contributed by atoms with E-state index in [1.165, 1.54) is 58.9 Å². The Hall–Kier alpha value is -6.64. The van der Waals surface area contributed by atoms with Gasteiger partial charge in [0.2, 0.25) is 0 Å². The summed E-state index contributed by atoms with van der Waals surface area (Å²) < 4.78 is 73.2. The first-order valence-electron chi connectivity index (χ1n) is 21.9. The normalized spacial score (nSPS) is 14.9. The van der Waals surface area contributed by atoms with E-state index < -0.39 is 31.5 Å². The third-order valence-electron chi connectivity index (χ3n) is 11.6. The Morgan fingerprint density at radius 2 is 0.903 bits per heavy atom. The number of benzene rings is 4. The molecule has 0 N–H and O–H groups in total. The number of aromatic nitrogens is 2. The van der Waals surface area contributed by atoms with Gasteiger partial charge >= 0.3 is 0 Å². The van der Waals surface area contributed by atoms with Crippen molar-refractivity contribution < 1.29 is 45.4 Å². The summed E-state index contributed by atoms with van der Waals surface area (Å²) in [5.41, 5.74) is 4.16. The van der Waals surface area contributed by atoms with Crippen LogP contribution in [0, 0.1) is 22.7 Å². The Morgan fingerprint density at radius 1 is 0.528 bits per heavy atom. The lowest BCUT2D eigenvalue weighted by Gasteiger charge is -2.27. The van der Waals surface area contributed by atoms with Crippen LogP contribution in [0.5, 0.6) is 23.0 Å². The van der Waals surface area contributed by atoms with E-state index in [1.54, 1.807) is 48.5 Å². The third-order valence-corrected chi connectivity index (χ3v) is 16.3. The minimum Gasteiger partial charge on any atom is -0.488 e. The van der Waals surface area contributed by atoms with E-state index in [1.807, 2.05) is 12.1 Å². The zero-order valence-corrected chi connectivity index (χ0v) is 42.5. The standard InChI is InChI=1S/C50H40Cl4N6O10S2/c51-41-17-39(49(61)59-7-11-71(63,64)12-8-59)43(67-27-33-15-31(21-55)23-57-25-33)19-45(41)69-29-35-3-1-5-37(47(35)53)38-6-2-4-36(48(38)54)30-70-46-20-44(68-28-34-16-32(22-56)24-58-26-34)40(18-42(46)52)50(62)60-9-13-72(65,66)14-10-60/h1-6,15-20,23-26H,7-14,27-30H2. The van der Waals surface area contributed by atoms with E-state index >= 15 is 0 Å². The van der Waals surface area contributed by atoms with Crippen LogP contribution in [-0.2, 0) is 46.1 Å². The van der Waals surface area contributed by atoms with Crippen LogP contribution < -0.4 is 18.9 Å². The van der Waals surface area contributed by atoms with Crippen LogP contribution in [0.25, 0.3) is 11.1 Å². The summed E-state index contributed by atoms with van der Waals surface area (Å²) in [6.45, 7) is -0.308. The molecule has 6 aromatic rings. The largest absolute Gasteiger partial charge is 0.488 e. The van der Waals surface area contributed by atoms with Crippen molar-refractivity contribution >= 4 is 77.9 Å². The van der Waals surface area contributed by atoms with Crippen LogP contribution in [0.3, 0.4) is 0 Å². The van der Waals surface area contributed by atoms with E-state index in [0.717, 1.165) is 0 Å². The molecule has 16 nitrogen and oxygen atoms in total. The van der Waals surface area contributed by atoms with Crippen LogP contribution in [0.15, 0.2) is 97.6 Å². The topological polar surface area (TPSA) is 219 Å². The molecule has 0 unspecified atom stereocenters. The van der Waals surface area contributed by atoms with Crippen LogP contribution in [0.2, 0.25) is 20.1 Å². The predicted molar refractivity (Wildman–Crippen MR) is 269 cm³/mol. The predicted octanol–water partition coefficient (Wildman–Crippen LogP) is 8.56. The number of nitrogens with zero attached hydrogens (tertiary/aromatic N) is 6. The first-order chi connectivity index (χ1) is 34.5. The van der Waals surface area contributed by atoms with Gasteiger partial charge in [-0.25, -0.2) is 16.8 Å². The second-order valence-corrected chi connectivity index (χ2v) is 22.7. The third kappa shape index (κ3) is 12.3. The zero-order chi connectivity index (χ0) is 51.2. The SMILES string of the molecule is N#Cc1cncc(COc2cc(OCc3cccc(-c4cccc(COc5cc(OCc6cncc(C#N)c6)c(C(=O)N6CCS(=O)(=O)CC6)cc5Cl)c4Cl)c3Cl)c(Cl)cc2C(=O)N2CCS(=O)(=O)CC2)c1. The monoisotopic (exact) mass is 1090 g/mol. The van der Waals surface area contributed by atoms with Crippen molar-refractivity contribution in [1.29, 1.82) is 10.5 Å². The van der Waals surface area contributed by atoms with Crippen molar-refractivity contribution in [3.05, 3.63) is 162 Å². The maximum absolute atomic E-state index is 13.8. The summed E-state index contributed by atoms with van der Waals surface area (Å²) in [6, 6.07) is 23.7. The van der Waals surface area contributed by atoms with Crippen molar-refractivity contribution in [3.63, 3.8) is 0 Å². The number of carbonyl (C=O) groups excluding carboxylic acids is 2. The van der Waals surface area contributed by atoms with E-state index in [-0.39, 0.29) is 120 Å². The Balaban J connectivity index is 1.01. The molecule has 2 aliphatic rings. The molecule has 370 valence electrons. The zero-order valence-electron chi connectivity index (χ0n) is 37.8. The molecule has 0 spiro atoms. The highest BCUT2D eigenvalue weighted by Gasteiger charge is 2.30. The summed E-state index contributed by atoms with van der Waals surface area (Å²) in [7, 11) is -6.54. The molecule has 2 aromatic heterocycles. The van der Waals surface area contributed by atoms with Gasteiger partial charge < -0.3 is 28.7 Å². The summed E-state index contributed by atoms with van der Waals surface area (Å²) in [5, 5.41) is 19.5. The quantitative estimate of drug-likeness (QED) is 0.0941. The average molecular weight is 1090 g/mol. The van der Waals surface area contributed by atoms with Gasteiger partial charge in [0.15, 0.2) is 19.7 Å². The van der Waals surface area contributed by atoms with E-state index in [9.17, 15) is 36.9 Å². The number of sulfone groups is 2. The summed E-state index contributed by atoms with van der Waals surface area (Å²) in [5.74, 6) is -1.14. The molecule has 2 amide bonds. The molecule has 2 aliphatic heterocycles. The second-order valence-electron chi connectivity index (χ2n) is 16.5. The number of hydrogen-bond donors (Lipinski definition) is 0. The van der Waals surface area contributed by atoms with E-state index in [0.29, 0.717) is 54.6 Å². The number of amides is 2. The Bertz CT molecular complexity index is 3170. The lowest BCUT2D eigenvalue weighted by molar-refractivity contribution is 0.0756. The highest BCUT2D eigenvalue weighted by atomic mass is 35.5. The fourth-order valence-corrected chi connectivity index (χ4v) is 11.1. The molecule has 4 heterocycles. The number of pyridine rings is 2. The lowest BCUT2D eigenvalue weighted by Crippen LogP contribution is -2.43. The maximum Gasteiger partial charge on any atom is 0.257 e. The van der Waals surface area contributed by atoms with Gasteiger partial charge in [0, 0.05) is 96.5 Å². The second kappa shape index (κ2) is 22.4. The maximum atomic E-state index is 13.8. The van der Waals surface area contributed by atoms with Gasteiger partial charge in [0.1, 0.15) is 61.6 Å². The first kappa shape index (κ1) is 51.7. The number of carbonyl (C=O) groups is 2. The van der Waals surface area contributed by atoms with Crippen molar-refractivity contribution in [2.24, 2.45) is 0 Å². The summed E-state index contributed by atoms with van der Waals surface area (Å²) >= 11 is 27.6. The molecule has 0 radical (unpaired) electrons. The molecule has 2 saturated heterocycles. The molecule has 0 atom stereocenters. The van der Waals surface area contributed by atoms with Gasteiger partial charge in [-0.2, -0.15) is 10.5 Å². The van der Waals surface area contributed by atoms with E-state index in [2.05, 4.69) is 9.97 Å². The minimum atomic E-state index is -3.27. The molecule has 22 heteroatoms. The number of halogens is 4. The molecular weight excluding hydrogens is 1050 g/mol. The summed E-state index contributed by atoms with van der Waals surface area (Å²) in [4.78, 5) is 38.6. The van der Waals surface area contributed by atoms with Crippen molar-refractivity contribution in [3.8, 4) is 46.3 Å². The fraction of sp³-hybridized carbons (Fsp3) is 0.240. The Morgan fingerprint density at radius 3 is 1.28 bits per heavy atom. The highest BCUT2D eigenvalue weighted by Crippen LogP contribution is 2.40. The van der Waals surface area contributed by atoms with Crippen molar-refractivity contribution in [2.45, 2.75) is 26.4 Å². The van der Waals surface area contributed by atoms with Crippen LogP contribution in [-0.4, -0.2) is 97.6 Å². The number of rotatable bonds is 15. The van der Waals surface area contributed by atoms with Crippen molar-refractivity contribution in [2.75, 3.05) is 49.2 Å².